The standard InChI is InChI=1S/C9H11ClN4/c10-8-4-7(5-9(12)14-8)6-13-3-1-2-11/h2-5,11H,1,6H2,(H2,12,14). The van der Waals surface area contributed by atoms with Crippen LogP contribution in [0, 0.1) is 5.41 Å². The summed E-state index contributed by atoms with van der Waals surface area (Å²) in [5.74, 6) is 0.398. The molecule has 1 heterocycles. The first-order chi connectivity index (χ1) is 6.72. The second-order valence-electron chi connectivity index (χ2n) is 2.69. The van der Waals surface area contributed by atoms with Gasteiger partial charge in [-0.1, -0.05) is 11.6 Å². The summed E-state index contributed by atoms with van der Waals surface area (Å²) in [5.41, 5.74) is 6.43. The van der Waals surface area contributed by atoms with Crippen molar-refractivity contribution >= 4 is 29.8 Å². The van der Waals surface area contributed by atoms with Crippen molar-refractivity contribution in [1.82, 2.24) is 4.98 Å². The number of nitrogens with one attached hydrogen (secondary N) is 1. The normalized spacial score (nSPS) is 10.6. The minimum Gasteiger partial charge on any atom is -0.384 e. The molecule has 1 rings (SSSR count). The number of halogens is 1. The molecule has 0 aliphatic rings. The van der Waals surface area contributed by atoms with Gasteiger partial charge in [-0.3, -0.25) is 4.99 Å². The molecule has 0 saturated heterocycles. The Morgan fingerprint density at radius 1 is 1.57 bits per heavy atom. The van der Waals surface area contributed by atoms with E-state index < -0.39 is 0 Å². The fraction of sp³-hybridized carbons (Fsp3) is 0.222. The van der Waals surface area contributed by atoms with Gasteiger partial charge in [-0.25, -0.2) is 4.98 Å². The van der Waals surface area contributed by atoms with Crippen molar-refractivity contribution in [2.75, 3.05) is 5.73 Å². The van der Waals surface area contributed by atoms with Crippen LogP contribution in [0.4, 0.5) is 5.82 Å². The molecule has 0 spiro atoms. The largest absolute Gasteiger partial charge is 0.384 e. The minimum atomic E-state index is 0.377. The molecule has 74 valence electrons. The molecule has 1 aromatic rings. The molecule has 0 aromatic carbocycles. The van der Waals surface area contributed by atoms with Crippen LogP contribution in [0.25, 0.3) is 0 Å². The van der Waals surface area contributed by atoms with E-state index in [0.717, 1.165) is 5.56 Å². The number of rotatable bonds is 4. The van der Waals surface area contributed by atoms with E-state index in [1.807, 2.05) is 0 Å². The van der Waals surface area contributed by atoms with Gasteiger partial charge >= 0.3 is 0 Å². The first-order valence-electron chi connectivity index (χ1n) is 4.11. The van der Waals surface area contributed by atoms with E-state index in [4.69, 9.17) is 22.7 Å². The quantitative estimate of drug-likeness (QED) is 0.589. The van der Waals surface area contributed by atoms with Gasteiger partial charge < -0.3 is 11.1 Å². The number of anilines is 1. The Balaban J connectivity index is 2.62. The van der Waals surface area contributed by atoms with Crippen molar-refractivity contribution in [3.63, 3.8) is 0 Å². The van der Waals surface area contributed by atoms with Crippen LogP contribution in [0.2, 0.25) is 5.15 Å². The Bertz CT molecular complexity index is 328. The molecule has 0 bridgehead atoms. The van der Waals surface area contributed by atoms with Gasteiger partial charge in [0.05, 0.1) is 6.54 Å². The predicted molar refractivity (Wildman–Crippen MR) is 59.3 cm³/mol. The molecule has 0 fully saturated rings. The maximum absolute atomic E-state index is 6.79. The lowest BCUT2D eigenvalue weighted by Gasteiger charge is -1.99. The van der Waals surface area contributed by atoms with Crippen LogP contribution in [0.3, 0.4) is 0 Å². The zero-order valence-electron chi connectivity index (χ0n) is 7.57. The fourth-order valence-electron chi connectivity index (χ4n) is 0.961. The van der Waals surface area contributed by atoms with Crippen LogP contribution in [0.1, 0.15) is 12.0 Å². The number of nitrogens with zero attached hydrogens (tertiary/aromatic N) is 2. The molecule has 4 nitrogen and oxygen atoms in total. The van der Waals surface area contributed by atoms with E-state index in [0.29, 0.717) is 23.9 Å². The summed E-state index contributed by atoms with van der Waals surface area (Å²) < 4.78 is 0. The summed E-state index contributed by atoms with van der Waals surface area (Å²) in [5, 5.41) is 7.16. The first-order valence-corrected chi connectivity index (χ1v) is 4.49. The second-order valence-corrected chi connectivity index (χ2v) is 3.07. The Morgan fingerprint density at radius 2 is 2.36 bits per heavy atom. The third-order valence-electron chi connectivity index (χ3n) is 1.50. The van der Waals surface area contributed by atoms with E-state index >= 15 is 0 Å². The average molecular weight is 211 g/mol. The zero-order chi connectivity index (χ0) is 10.4. The van der Waals surface area contributed by atoms with Crippen molar-refractivity contribution in [3.8, 4) is 0 Å². The molecule has 0 aliphatic heterocycles. The monoisotopic (exact) mass is 210 g/mol. The van der Waals surface area contributed by atoms with E-state index in [1.54, 1.807) is 18.3 Å². The van der Waals surface area contributed by atoms with Crippen molar-refractivity contribution in [2.45, 2.75) is 13.0 Å². The molecule has 0 aliphatic carbocycles. The maximum Gasteiger partial charge on any atom is 0.131 e. The van der Waals surface area contributed by atoms with Crippen molar-refractivity contribution in [3.05, 3.63) is 22.8 Å². The molecular weight excluding hydrogens is 200 g/mol. The summed E-state index contributed by atoms with van der Waals surface area (Å²) in [6, 6.07) is 3.45. The van der Waals surface area contributed by atoms with Crippen molar-refractivity contribution in [1.29, 1.82) is 5.41 Å². The van der Waals surface area contributed by atoms with Crippen LogP contribution in [-0.2, 0) is 6.54 Å². The Hall–Kier alpha value is -1.42. The molecular formula is C9H11ClN4. The van der Waals surface area contributed by atoms with Crippen LogP contribution >= 0.6 is 11.6 Å². The molecule has 0 radical (unpaired) electrons. The number of aliphatic imine (C=N–C) groups is 1. The molecule has 0 saturated carbocycles. The third-order valence-corrected chi connectivity index (χ3v) is 1.69. The van der Waals surface area contributed by atoms with Crippen LogP contribution in [0.15, 0.2) is 17.1 Å². The summed E-state index contributed by atoms with van der Waals surface area (Å²) in [6.07, 6.45) is 3.52. The van der Waals surface area contributed by atoms with Crippen LogP contribution < -0.4 is 5.73 Å². The summed E-state index contributed by atoms with van der Waals surface area (Å²) in [7, 11) is 0. The summed E-state index contributed by atoms with van der Waals surface area (Å²) in [6.45, 7) is 0.514. The van der Waals surface area contributed by atoms with Crippen LogP contribution in [-0.4, -0.2) is 17.4 Å². The van der Waals surface area contributed by atoms with Crippen molar-refractivity contribution in [2.24, 2.45) is 4.99 Å². The molecule has 0 unspecified atom stereocenters. The second kappa shape index (κ2) is 5.34. The molecule has 5 heteroatoms. The van der Waals surface area contributed by atoms with E-state index in [-0.39, 0.29) is 0 Å². The van der Waals surface area contributed by atoms with Gasteiger partial charge in [-0.2, -0.15) is 0 Å². The van der Waals surface area contributed by atoms with E-state index in [9.17, 15) is 0 Å². The highest BCUT2D eigenvalue weighted by molar-refractivity contribution is 6.29. The number of hydrogen-bond acceptors (Lipinski definition) is 4. The predicted octanol–water partition coefficient (Wildman–Crippen LogP) is 1.93. The van der Waals surface area contributed by atoms with E-state index in [2.05, 4.69) is 9.98 Å². The molecule has 1 aromatic heterocycles. The molecule has 0 amide bonds. The number of nitrogens with two attached hydrogens (primary N) is 1. The highest BCUT2D eigenvalue weighted by Gasteiger charge is 1.96. The maximum atomic E-state index is 6.79. The highest BCUT2D eigenvalue weighted by Crippen LogP contribution is 2.12. The number of hydrogen-bond donors (Lipinski definition) is 2. The molecule has 3 N–H and O–H groups in total. The van der Waals surface area contributed by atoms with Gasteiger partial charge in [0.15, 0.2) is 0 Å². The summed E-state index contributed by atoms with van der Waals surface area (Å²) >= 11 is 5.71. The van der Waals surface area contributed by atoms with Crippen LogP contribution in [0.5, 0.6) is 0 Å². The number of pyridine rings is 1. The van der Waals surface area contributed by atoms with Gasteiger partial charge in [0, 0.05) is 18.9 Å². The molecule has 0 atom stereocenters. The minimum absolute atomic E-state index is 0.377. The molecule has 14 heavy (non-hydrogen) atoms. The first kappa shape index (κ1) is 10.7. The van der Waals surface area contributed by atoms with Crippen molar-refractivity contribution < 1.29 is 0 Å². The van der Waals surface area contributed by atoms with Gasteiger partial charge in [0.2, 0.25) is 0 Å². The zero-order valence-corrected chi connectivity index (χ0v) is 8.33. The smallest absolute Gasteiger partial charge is 0.131 e. The van der Waals surface area contributed by atoms with Gasteiger partial charge in [0.25, 0.3) is 0 Å². The average Bonchev–Trinajstić information content (AvgIpc) is 2.11. The number of nitrogen functional groups attached to an aromatic ring is 1. The SMILES string of the molecule is N=CCC=NCc1cc(N)nc(Cl)c1. The Labute approximate surface area is 87.3 Å². The Morgan fingerprint density at radius 3 is 3.00 bits per heavy atom. The van der Waals surface area contributed by atoms with E-state index in [1.165, 1.54) is 6.21 Å². The lowest BCUT2D eigenvalue weighted by atomic mass is 10.2. The highest BCUT2D eigenvalue weighted by atomic mass is 35.5. The third kappa shape index (κ3) is 3.53. The van der Waals surface area contributed by atoms with Gasteiger partial charge in [-0.05, 0) is 17.7 Å². The Kier molecular flexibility index (Phi) is 4.07. The fourth-order valence-corrected chi connectivity index (χ4v) is 1.20. The topological polar surface area (TPSA) is 75.1 Å². The number of aromatic nitrogens is 1. The van der Waals surface area contributed by atoms with Gasteiger partial charge in [0.1, 0.15) is 11.0 Å². The lowest BCUT2D eigenvalue weighted by molar-refractivity contribution is 1.06. The summed E-state index contributed by atoms with van der Waals surface area (Å²) in [4.78, 5) is 7.93. The lowest BCUT2D eigenvalue weighted by Crippen LogP contribution is -1.93. The van der Waals surface area contributed by atoms with Gasteiger partial charge in [-0.15, -0.1) is 0 Å².